The molecule has 0 radical (unpaired) electrons. The molecule has 9 heteroatoms. The number of H-pyrrole nitrogens is 2. The first-order valence-corrected chi connectivity index (χ1v) is 14.6. The third-order valence-corrected chi connectivity index (χ3v) is 7.59. The molecule has 0 spiro atoms. The fraction of sp³-hybridized carbons (Fsp3) is 0. The Morgan fingerprint density at radius 2 is 1.00 bits per heavy atom. The van der Waals surface area contributed by atoms with Crippen LogP contribution in [0.4, 0.5) is 0 Å². The van der Waals surface area contributed by atoms with Gasteiger partial charge >= 0.3 is 208 Å². The average Bonchev–Trinajstić information content (AvgIpc) is 3.72. The van der Waals surface area contributed by atoms with Crippen LogP contribution in [0.1, 0.15) is 5.56 Å². The third-order valence-electron chi connectivity index (χ3n) is 7.02. The molecule has 0 saturated heterocycles. The fourth-order valence-corrected chi connectivity index (χ4v) is 5.46. The minimum atomic E-state index is 0.596. The Labute approximate surface area is 237 Å². The molecule has 8 bridgehead atoms. The van der Waals surface area contributed by atoms with E-state index in [0.29, 0.717) is 45.9 Å². The minimum absolute atomic E-state index is 0.596. The third kappa shape index (κ3) is 3.66. The molecule has 0 fully saturated rings. The molecule has 5 heterocycles. The van der Waals surface area contributed by atoms with Crippen molar-refractivity contribution in [3.05, 3.63) is 90.5 Å². The van der Waals surface area contributed by atoms with Gasteiger partial charge < -0.3 is 0 Å². The van der Waals surface area contributed by atoms with E-state index in [1.54, 1.807) is 0 Å². The van der Waals surface area contributed by atoms with Crippen molar-refractivity contribution in [3.63, 3.8) is 0 Å². The van der Waals surface area contributed by atoms with Gasteiger partial charge in [-0.3, -0.25) is 0 Å². The van der Waals surface area contributed by atoms with Crippen LogP contribution in [0.15, 0.2) is 84.9 Å². The van der Waals surface area contributed by atoms with Gasteiger partial charge in [-0.1, -0.05) is 24.3 Å². The van der Waals surface area contributed by atoms with Gasteiger partial charge in [-0.25, -0.2) is 0 Å². The SMILES string of the molecule is [Zn]=[CH]/C=C\c1cc2nc3nc(nc4[nH]c(nc5nc(nc1[nH]2)-c1ccccc1-5)c1ccccc41)-c1ccccc1-3. The van der Waals surface area contributed by atoms with E-state index < -0.39 is 0 Å². The molecule has 0 amide bonds. The second-order valence-electron chi connectivity index (χ2n) is 9.48. The summed E-state index contributed by atoms with van der Waals surface area (Å²) in [5.74, 6) is 2.39. The van der Waals surface area contributed by atoms with Gasteiger partial charge in [-0.05, 0) is 0 Å². The quantitative estimate of drug-likeness (QED) is 0.245. The molecule has 184 valence electrons. The first-order chi connectivity index (χ1) is 19.7. The predicted octanol–water partition coefficient (Wildman–Crippen LogP) is 6.08. The molecule has 40 heavy (non-hydrogen) atoms. The topological polar surface area (TPSA) is 109 Å². The van der Waals surface area contributed by atoms with Crippen LogP contribution in [0.3, 0.4) is 0 Å². The number of aromatic nitrogens is 8. The molecule has 2 aliphatic rings. The summed E-state index contributed by atoms with van der Waals surface area (Å²) in [5.41, 5.74) is 7.32. The molecule has 0 unspecified atom stereocenters. The van der Waals surface area contributed by atoms with Crippen LogP contribution in [0.25, 0.3) is 85.0 Å². The van der Waals surface area contributed by atoms with E-state index >= 15 is 0 Å². The Kier molecular flexibility index (Phi) is 5.18. The number of allylic oxidation sites excluding steroid dienone is 1. The number of aromatic amines is 2. The molecule has 8 nitrogen and oxygen atoms in total. The zero-order valence-electron chi connectivity index (χ0n) is 21.1. The number of nitrogens with zero attached hydrogens (tertiary/aromatic N) is 6. The maximum absolute atomic E-state index is 5.01. The first-order valence-electron chi connectivity index (χ1n) is 12.9. The molecule has 3 aromatic carbocycles. The number of hydrogen-bond donors (Lipinski definition) is 2. The molecular formula is C31H18N8Zn. The Bertz CT molecular complexity index is 2210. The zero-order chi connectivity index (χ0) is 26.6. The summed E-state index contributed by atoms with van der Waals surface area (Å²) in [6, 6.07) is 26.1. The predicted molar refractivity (Wildman–Crippen MR) is 154 cm³/mol. The van der Waals surface area contributed by atoms with Crippen LogP contribution in [-0.2, 0) is 17.9 Å². The van der Waals surface area contributed by atoms with Gasteiger partial charge in [0.2, 0.25) is 0 Å². The number of rotatable bonds is 2. The average molecular weight is 568 g/mol. The Morgan fingerprint density at radius 1 is 0.525 bits per heavy atom. The second kappa shape index (κ2) is 9.04. The van der Waals surface area contributed by atoms with Gasteiger partial charge in [0, 0.05) is 5.39 Å². The number of nitrogens with one attached hydrogen (secondary N) is 2. The van der Waals surface area contributed by atoms with Crippen molar-refractivity contribution in [2.24, 2.45) is 0 Å². The van der Waals surface area contributed by atoms with Gasteiger partial charge in [0.15, 0.2) is 0 Å². The van der Waals surface area contributed by atoms with E-state index in [1.165, 1.54) is 0 Å². The molecular weight excluding hydrogens is 550 g/mol. The van der Waals surface area contributed by atoms with Gasteiger partial charge in [-0.2, -0.15) is 0 Å². The van der Waals surface area contributed by atoms with E-state index in [-0.39, 0.29) is 0 Å². The van der Waals surface area contributed by atoms with Gasteiger partial charge in [-0.15, -0.1) is 0 Å². The van der Waals surface area contributed by atoms with Gasteiger partial charge in [0.1, 0.15) is 0 Å². The van der Waals surface area contributed by atoms with E-state index in [4.69, 9.17) is 29.9 Å². The Balaban J connectivity index is 1.56. The van der Waals surface area contributed by atoms with Crippen molar-refractivity contribution in [2.45, 2.75) is 0 Å². The molecule has 0 saturated carbocycles. The molecule has 2 N–H and O–H groups in total. The van der Waals surface area contributed by atoms with Crippen LogP contribution < -0.4 is 0 Å². The maximum atomic E-state index is 5.01. The summed E-state index contributed by atoms with van der Waals surface area (Å²) in [4.78, 5) is 36.5. The summed E-state index contributed by atoms with van der Waals surface area (Å²) in [7, 11) is 0. The van der Waals surface area contributed by atoms with Crippen molar-refractivity contribution in [1.82, 2.24) is 39.9 Å². The normalized spacial score (nSPS) is 12.1. The van der Waals surface area contributed by atoms with Crippen molar-refractivity contribution >= 4 is 44.0 Å². The number of hydrogen-bond acceptors (Lipinski definition) is 6. The summed E-state index contributed by atoms with van der Waals surface area (Å²) in [6.45, 7) is 0. The number of benzene rings is 3. The summed E-state index contributed by atoms with van der Waals surface area (Å²) in [6.07, 6.45) is 4.07. The van der Waals surface area contributed by atoms with Crippen molar-refractivity contribution in [1.29, 1.82) is 0 Å². The molecule has 2 aliphatic heterocycles. The fourth-order valence-electron chi connectivity index (χ4n) is 5.18. The van der Waals surface area contributed by atoms with Crippen LogP contribution in [0.2, 0.25) is 0 Å². The molecule has 0 aliphatic carbocycles. The Hall–Kier alpha value is -5.01. The van der Waals surface area contributed by atoms with Crippen LogP contribution >= 0.6 is 0 Å². The van der Waals surface area contributed by atoms with Crippen molar-refractivity contribution in [3.8, 4) is 45.6 Å². The monoisotopic (exact) mass is 566 g/mol. The zero-order valence-corrected chi connectivity index (χ0v) is 24.1. The summed E-state index contributed by atoms with van der Waals surface area (Å²) >= 11 is 1.06. The molecule has 6 aromatic rings. The van der Waals surface area contributed by atoms with E-state index in [1.807, 2.05) is 91.0 Å². The standard InChI is InChI=1S/C31H18N8.Zn/c1-2-9-17-16-24-32-25(17)34-27-20-12-5-6-13-21(20)29(36-27)38-31-23-15-8-7-14-22(23)30(39-31)37-28-19-11-4-3-10-18(19)26(33-24)35-28;/h1-16H,(H2,32,33,34,35,36,37,38,39);/b9-2-;. The van der Waals surface area contributed by atoms with Crippen LogP contribution in [0, 0.1) is 0 Å². The Morgan fingerprint density at radius 3 is 1.52 bits per heavy atom. The van der Waals surface area contributed by atoms with Gasteiger partial charge in [0.05, 0.1) is 0 Å². The first kappa shape index (κ1) is 22.9. The van der Waals surface area contributed by atoms with Gasteiger partial charge in [0.25, 0.3) is 0 Å². The van der Waals surface area contributed by atoms with E-state index in [9.17, 15) is 0 Å². The number of fused-ring (bicyclic) bond motifs is 17. The molecule has 0 atom stereocenters. The van der Waals surface area contributed by atoms with Crippen molar-refractivity contribution in [2.75, 3.05) is 0 Å². The van der Waals surface area contributed by atoms with Crippen molar-refractivity contribution < 1.29 is 17.9 Å². The van der Waals surface area contributed by atoms with Crippen LogP contribution in [-0.4, -0.2) is 44.5 Å². The summed E-state index contributed by atoms with van der Waals surface area (Å²) < 4.78 is 2.10. The second-order valence-corrected chi connectivity index (χ2v) is 10.5. The van der Waals surface area contributed by atoms with E-state index in [2.05, 4.69) is 14.6 Å². The molecule has 8 rings (SSSR count). The summed E-state index contributed by atoms with van der Waals surface area (Å²) in [5, 5.41) is 1.91. The van der Waals surface area contributed by atoms with Crippen LogP contribution in [0.5, 0.6) is 0 Å². The van der Waals surface area contributed by atoms with E-state index in [0.717, 1.165) is 56.4 Å². The molecule has 3 aromatic heterocycles.